The van der Waals surface area contributed by atoms with E-state index in [1.807, 2.05) is 11.9 Å². The van der Waals surface area contributed by atoms with Crippen molar-refractivity contribution in [2.24, 2.45) is 0 Å². The number of anilines is 1. The van der Waals surface area contributed by atoms with E-state index in [4.69, 9.17) is 4.74 Å². The van der Waals surface area contributed by atoms with E-state index >= 15 is 0 Å². The number of likely N-dealkylation sites (N-methyl/N-ethyl adjacent to an activating group) is 1. The molecule has 1 aromatic heterocycles. The number of hydrogen-bond donors (Lipinski definition) is 1. The molecule has 5 heteroatoms. The Balaban J connectivity index is 2.85. The smallest absolute Gasteiger partial charge is 0.141 e. The van der Waals surface area contributed by atoms with Crippen molar-refractivity contribution in [1.82, 2.24) is 10.3 Å². The lowest BCUT2D eigenvalue weighted by molar-refractivity contribution is 0.183. The van der Waals surface area contributed by atoms with Crippen molar-refractivity contribution in [2.45, 2.75) is 32.9 Å². The second-order valence-electron chi connectivity index (χ2n) is 4.73. The Kier molecular flexibility index (Phi) is 6.73. The van der Waals surface area contributed by atoms with E-state index in [9.17, 15) is 4.39 Å². The molecule has 0 saturated heterocycles. The van der Waals surface area contributed by atoms with Gasteiger partial charge in [0.15, 0.2) is 0 Å². The minimum atomic E-state index is -0.301. The number of halogens is 1. The average molecular weight is 269 g/mol. The van der Waals surface area contributed by atoms with Crippen molar-refractivity contribution in [2.75, 3.05) is 32.2 Å². The topological polar surface area (TPSA) is 37.4 Å². The number of nitrogens with zero attached hydrogens (tertiary/aromatic N) is 2. The summed E-state index contributed by atoms with van der Waals surface area (Å²) in [5, 5.41) is 3.28. The summed E-state index contributed by atoms with van der Waals surface area (Å²) in [4.78, 5) is 6.24. The van der Waals surface area contributed by atoms with Crippen LogP contribution in [0.15, 0.2) is 12.3 Å². The Morgan fingerprint density at radius 3 is 2.89 bits per heavy atom. The van der Waals surface area contributed by atoms with Gasteiger partial charge in [-0.15, -0.1) is 0 Å². The Morgan fingerprint density at radius 2 is 2.26 bits per heavy atom. The molecule has 1 unspecified atom stereocenters. The van der Waals surface area contributed by atoms with Crippen molar-refractivity contribution < 1.29 is 9.13 Å². The molecule has 4 nitrogen and oxygen atoms in total. The fourth-order valence-corrected chi connectivity index (χ4v) is 1.88. The van der Waals surface area contributed by atoms with E-state index in [1.54, 1.807) is 13.2 Å². The van der Waals surface area contributed by atoms with Crippen molar-refractivity contribution in [3.63, 3.8) is 0 Å². The lowest BCUT2D eigenvalue weighted by Gasteiger charge is -2.27. The van der Waals surface area contributed by atoms with E-state index in [-0.39, 0.29) is 11.9 Å². The summed E-state index contributed by atoms with van der Waals surface area (Å²) in [6.45, 7) is 6.30. The highest BCUT2D eigenvalue weighted by Crippen LogP contribution is 2.19. The highest BCUT2D eigenvalue weighted by molar-refractivity contribution is 5.47. The third kappa shape index (κ3) is 4.76. The monoisotopic (exact) mass is 269 g/mol. The van der Waals surface area contributed by atoms with Gasteiger partial charge in [0.05, 0.1) is 18.8 Å². The van der Waals surface area contributed by atoms with Crippen molar-refractivity contribution in [3.05, 3.63) is 23.6 Å². The van der Waals surface area contributed by atoms with Gasteiger partial charge in [0, 0.05) is 26.3 Å². The van der Waals surface area contributed by atoms with Crippen LogP contribution >= 0.6 is 0 Å². The predicted molar refractivity (Wildman–Crippen MR) is 75.9 cm³/mol. The predicted octanol–water partition coefficient (Wildman–Crippen LogP) is 2.19. The lowest BCUT2D eigenvalue weighted by atomic mass is 10.2. The molecule has 0 aliphatic rings. The Bertz CT molecular complexity index is 387. The Morgan fingerprint density at radius 1 is 1.53 bits per heavy atom. The molecule has 0 aliphatic heterocycles. The van der Waals surface area contributed by atoms with Crippen LogP contribution in [0.3, 0.4) is 0 Å². The van der Waals surface area contributed by atoms with E-state index in [2.05, 4.69) is 24.1 Å². The maximum Gasteiger partial charge on any atom is 0.141 e. The highest BCUT2D eigenvalue weighted by atomic mass is 19.1. The molecule has 19 heavy (non-hydrogen) atoms. The first-order valence-corrected chi connectivity index (χ1v) is 6.67. The number of ether oxygens (including phenoxy) is 1. The van der Waals surface area contributed by atoms with Crippen LogP contribution in [0, 0.1) is 5.82 Å². The summed E-state index contributed by atoms with van der Waals surface area (Å²) in [7, 11) is 3.62. The van der Waals surface area contributed by atoms with Gasteiger partial charge >= 0.3 is 0 Å². The van der Waals surface area contributed by atoms with Gasteiger partial charge in [-0.1, -0.05) is 6.92 Å². The van der Waals surface area contributed by atoms with Gasteiger partial charge in [0.1, 0.15) is 11.6 Å². The van der Waals surface area contributed by atoms with Crippen LogP contribution in [0.25, 0.3) is 0 Å². The molecule has 0 aromatic carbocycles. The molecule has 0 aliphatic carbocycles. The van der Waals surface area contributed by atoms with Crippen LogP contribution in [-0.2, 0) is 11.3 Å². The molecule has 1 heterocycles. The van der Waals surface area contributed by atoms with Crippen LogP contribution in [0.2, 0.25) is 0 Å². The molecule has 0 amide bonds. The van der Waals surface area contributed by atoms with E-state index in [0.29, 0.717) is 13.2 Å². The SMILES string of the molecule is CCCNCc1cc(F)cnc1N(C)C(C)COC. The van der Waals surface area contributed by atoms with Crippen molar-refractivity contribution in [1.29, 1.82) is 0 Å². The van der Waals surface area contributed by atoms with E-state index < -0.39 is 0 Å². The van der Waals surface area contributed by atoms with Crippen molar-refractivity contribution in [3.8, 4) is 0 Å². The molecule has 0 spiro atoms. The molecule has 1 atom stereocenters. The van der Waals surface area contributed by atoms with Crippen LogP contribution in [-0.4, -0.2) is 38.3 Å². The van der Waals surface area contributed by atoms with E-state index in [1.165, 1.54) is 6.20 Å². The molecule has 108 valence electrons. The highest BCUT2D eigenvalue weighted by Gasteiger charge is 2.15. The summed E-state index contributed by atoms with van der Waals surface area (Å²) in [6.07, 6.45) is 2.31. The van der Waals surface area contributed by atoms with Crippen LogP contribution < -0.4 is 10.2 Å². The number of pyridine rings is 1. The molecule has 1 rings (SSSR count). The zero-order valence-electron chi connectivity index (χ0n) is 12.2. The average Bonchev–Trinajstić information content (AvgIpc) is 2.39. The molecule has 0 fully saturated rings. The minimum absolute atomic E-state index is 0.188. The van der Waals surface area contributed by atoms with Gasteiger partial charge < -0.3 is 15.0 Å². The molecule has 0 bridgehead atoms. The fraction of sp³-hybridized carbons (Fsp3) is 0.643. The van der Waals surface area contributed by atoms with Gasteiger partial charge in [-0.3, -0.25) is 0 Å². The number of rotatable bonds is 8. The van der Waals surface area contributed by atoms with Gasteiger partial charge in [0.2, 0.25) is 0 Å². The lowest BCUT2D eigenvalue weighted by Crippen LogP contribution is -2.34. The first kappa shape index (κ1) is 15.9. The molecule has 1 N–H and O–H groups in total. The number of hydrogen-bond acceptors (Lipinski definition) is 4. The quantitative estimate of drug-likeness (QED) is 0.734. The summed E-state index contributed by atoms with van der Waals surface area (Å²) in [5.41, 5.74) is 0.874. The van der Waals surface area contributed by atoms with Crippen LogP contribution in [0.5, 0.6) is 0 Å². The van der Waals surface area contributed by atoms with Crippen LogP contribution in [0.1, 0.15) is 25.8 Å². The zero-order chi connectivity index (χ0) is 14.3. The summed E-state index contributed by atoms with van der Waals surface area (Å²) >= 11 is 0. The van der Waals surface area contributed by atoms with Crippen LogP contribution in [0.4, 0.5) is 10.2 Å². The number of methoxy groups -OCH3 is 1. The number of aromatic nitrogens is 1. The standard InChI is InChI=1S/C14H24FN3O/c1-5-6-16-8-12-7-13(15)9-17-14(12)18(3)11(2)10-19-4/h7,9,11,16H,5-6,8,10H2,1-4H3. The molecular weight excluding hydrogens is 245 g/mol. The summed E-state index contributed by atoms with van der Waals surface area (Å²) in [5.74, 6) is 0.499. The van der Waals surface area contributed by atoms with E-state index in [0.717, 1.165) is 24.3 Å². The summed E-state index contributed by atoms with van der Waals surface area (Å²) < 4.78 is 18.5. The van der Waals surface area contributed by atoms with Gasteiger partial charge in [0.25, 0.3) is 0 Å². The Labute approximate surface area is 115 Å². The van der Waals surface area contributed by atoms with Gasteiger partial charge in [-0.05, 0) is 26.0 Å². The Hall–Kier alpha value is -1.20. The van der Waals surface area contributed by atoms with Crippen molar-refractivity contribution >= 4 is 5.82 Å². The van der Waals surface area contributed by atoms with Gasteiger partial charge in [-0.25, -0.2) is 9.37 Å². The first-order valence-electron chi connectivity index (χ1n) is 6.67. The maximum absolute atomic E-state index is 13.3. The first-order chi connectivity index (χ1) is 9.10. The van der Waals surface area contributed by atoms with Gasteiger partial charge in [-0.2, -0.15) is 0 Å². The normalized spacial score (nSPS) is 12.5. The second-order valence-corrected chi connectivity index (χ2v) is 4.73. The molecular formula is C14H24FN3O. The number of nitrogens with one attached hydrogen (secondary N) is 1. The molecule has 0 saturated carbocycles. The zero-order valence-corrected chi connectivity index (χ0v) is 12.2. The molecule has 0 radical (unpaired) electrons. The minimum Gasteiger partial charge on any atom is -0.383 e. The third-order valence-corrected chi connectivity index (χ3v) is 3.05. The second kappa shape index (κ2) is 8.07. The summed E-state index contributed by atoms with van der Waals surface area (Å²) in [6, 6.07) is 1.73. The maximum atomic E-state index is 13.3. The molecule has 1 aromatic rings. The fourth-order valence-electron chi connectivity index (χ4n) is 1.88. The largest absolute Gasteiger partial charge is 0.383 e. The third-order valence-electron chi connectivity index (χ3n) is 3.05.